The van der Waals surface area contributed by atoms with Crippen LogP contribution < -0.4 is 11.1 Å². The number of aromatic nitrogens is 1. The van der Waals surface area contributed by atoms with Gasteiger partial charge in [-0.3, -0.25) is 4.79 Å². The Morgan fingerprint density at radius 3 is 2.71 bits per heavy atom. The van der Waals surface area contributed by atoms with Crippen LogP contribution in [-0.2, 0) is 4.79 Å². The first-order valence-electron chi connectivity index (χ1n) is 5.57. The number of rotatable bonds is 4. The number of nitrogens with one attached hydrogen (secondary N) is 1. The van der Waals surface area contributed by atoms with Gasteiger partial charge in [-0.1, -0.05) is 18.5 Å². The van der Waals surface area contributed by atoms with Crippen molar-refractivity contribution in [2.24, 2.45) is 11.1 Å². The Morgan fingerprint density at radius 1 is 1.59 bits per heavy atom. The van der Waals surface area contributed by atoms with Crippen LogP contribution in [0, 0.1) is 12.3 Å². The zero-order chi connectivity index (χ0) is 13.1. The molecule has 1 rings (SSSR count). The summed E-state index contributed by atoms with van der Waals surface area (Å²) in [5.41, 5.74) is 6.46. The largest absolute Gasteiger partial charge is 0.329 e. The van der Waals surface area contributed by atoms with Gasteiger partial charge in [0.15, 0.2) is 0 Å². The maximum Gasteiger partial charge on any atom is 0.231 e. The Kier molecular flexibility index (Phi) is 4.48. The molecule has 3 N–H and O–H groups in total. The highest BCUT2D eigenvalue weighted by Crippen LogP contribution is 2.23. The third-order valence-corrected chi connectivity index (χ3v) is 3.29. The molecule has 0 spiro atoms. The van der Waals surface area contributed by atoms with E-state index in [1.165, 1.54) is 0 Å². The molecular formula is C12H18ClN3O. The summed E-state index contributed by atoms with van der Waals surface area (Å²) >= 11 is 5.75. The first-order valence-corrected chi connectivity index (χ1v) is 5.95. The van der Waals surface area contributed by atoms with Gasteiger partial charge in [-0.25, -0.2) is 4.98 Å². The van der Waals surface area contributed by atoms with Crippen molar-refractivity contribution in [2.45, 2.75) is 27.2 Å². The summed E-state index contributed by atoms with van der Waals surface area (Å²) in [7, 11) is 0. The zero-order valence-electron chi connectivity index (χ0n) is 10.4. The van der Waals surface area contributed by atoms with Gasteiger partial charge in [-0.15, -0.1) is 0 Å². The summed E-state index contributed by atoms with van der Waals surface area (Å²) in [6.45, 7) is 5.91. The van der Waals surface area contributed by atoms with E-state index >= 15 is 0 Å². The molecule has 1 heterocycles. The number of amides is 1. The molecule has 0 fully saturated rings. The fraction of sp³-hybridized carbons (Fsp3) is 0.500. The molecule has 1 aromatic rings. The van der Waals surface area contributed by atoms with Crippen LogP contribution in [0.5, 0.6) is 0 Å². The minimum Gasteiger partial charge on any atom is -0.329 e. The Balaban J connectivity index is 2.88. The number of halogens is 1. The molecular weight excluding hydrogens is 238 g/mol. The van der Waals surface area contributed by atoms with Gasteiger partial charge < -0.3 is 11.1 Å². The maximum absolute atomic E-state index is 12.1. The normalized spacial score (nSPS) is 14.2. The molecule has 5 heteroatoms. The SMILES string of the molecule is CCC(C)(CN)C(=O)Nc1ccc(Cl)nc1C. The van der Waals surface area contributed by atoms with E-state index < -0.39 is 5.41 Å². The fourth-order valence-corrected chi connectivity index (χ4v) is 1.52. The molecule has 1 unspecified atom stereocenters. The van der Waals surface area contributed by atoms with Crippen molar-refractivity contribution in [1.29, 1.82) is 0 Å². The Morgan fingerprint density at radius 2 is 2.24 bits per heavy atom. The lowest BCUT2D eigenvalue weighted by atomic mass is 9.86. The average molecular weight is 256 g/mol. The summed E-state index contributed by atoms with van der Waals surface area (Å²) < 4.78 is 0. The van der Waals surface area contributed by atoms with Gasteiger partial charge in [0.25, 0.3) is 0 Å². The van der Waals surface area contributed by atoms with Crippen molar-refractivity contribution >= 4 is 23.2 Å². The van der Waals surface area contributed by atoms with Crippen molar-refractivity contribution in [3.63, 3.8) is 0 Å². The lowest BCUT2D eigenvalue weighted by Crippen LogP contribution is -2.39. The molecule has 0 saturated carbocycles. The van der Waals surface area contributed by atoms with Crippen LogP contribution in [-0.4, -0.2) is 17.4 Å². The first kappa shape index (κ1) is 13.9. The molecule has 0 aromatic carbocycles. The van der Waals surface area contributed by atoms with E-state index in [0.717, 1.165) is 0 Å². The van der Waals surface area contributed by atoms with E-state index in [2.05, 4.69) is 10.3 Å². The van der Waals surface area contributed by atoms with Crippen molar-refractivity contribution in [3.05, 3.63) is 23.0 Å². The zero-order valence-corrected chi connectivity index (χ0v) is 11.1. The number of hydrogen-bond acceptors (Lipinski definition) is 3. The maximum atomic E-state index is 12.1. The molecule has 0 bridgehead atoms. The molecule has 0 aliphatic carbocycles. The third-order valence-electron chi connectivity index (χ3n) is 3.08. The van der Waals surface area contributed by atoms with Crippen LogP contribution in [0.2, 0.25) is 5.15 Å². The van der Waals surface area contributed by atoms with E-state index in [9.17, 15) is 4.79 Å². The Bertz CT molecular complexity index is 416. The summed E-state index contributed by atoms with van der Waals surface area (Å²) in [5, 5.41) is 3.25. The minimum absolute atomic E-state index is 0.0882. The topological polar surface area (TPSA) is 68.0 Å². The van der Waals surface area contributed by atoms with Gasteiger partial charge in [-0.2, -0.15) is 0 Å². The van der Waals surface area contributed by atoms with E-state index in [1.54, 1.807) is 19.1 Å². The molecule has 0 aliphatic heterocycles. The van der Waals surface area contributed by atoms with E-state index in [1.807, 2.05) is 13.8 Å². The van der Waals surface area contributed by atoms with Gasteiger partial charge in [0.1, 0.15) is 5.15 Å². The standard InChI is InChI=1S/C12H18ClN3O/c1-4-12(3,7-14)11(17)16-9-5-6-10(13)15-8(9)2/h5-6H,4,7,14H2,1-3H3,(H,16,17). The van der Waals surface area contributed by atoms with Crippen molar-refractivity contribution < 1.29 is 4.79 Å². The van der Waals surface area contributed by atoms with E-state index in [4.69, 9.17) is 17.3 Å². The van der Waals surface area contributed by atoms with Crippen LogP contribution >= 0.6 is 11.6 Å². The van der Waals surface area contributed by atoms with Crippen molar-refractivity contribution in [3.8, 4) is 0 Å². The monoisotopic (exact) mass is 255 g/mol. The molecule has 1 atom stereocenters. The summed E-state index contributed by atoms with van der Waals surface area (Å²) in [6, 6.07) is 3.39. The molecule has 4 nitrogen and oxygen atoms in total. The molecule has 17 heavy (non-hydrogen) atoms. The second-order valence-electron chi connectivity index (χ2n) is 4.34. The molecule has 1 aromatic heterocycles. The fourth-order valence-electron chi connectivity index (χ4n) is 1.33. The number of pyridine rings is 1. The van der Waals surface area contributed by atoms with Crippen molar-refractivity contribution in [1.82, 2.24) is 4.98 Å². The van der Waals surface area contributed by atoms with Gasteiger partial charge in [0.05, 0.1) is 16.8 Å². The smallest absolute Gasteiger partial charge is 0.231 e. The molecule has 0 radical (unpaired) electrons. The molecule has 0 aliphatic rings. The highest BCUT2D eigenvalue weighted by atomic mass is 35.5. The van der Waals surface area contributed by atoms with Crippen LogP contribution in [0.4, 0.5) is 5.69 Å². The highest BCUT2D eigenvalue weighted by molar-refractivity contribution is 6.29. The number of hydrogen-bond donors (Lipinski definition) is 2. The number of aryl methyl sites for hydroxylation is 1. The van der Waals surface area contributed by atoms with Crippen LogP contribution in [0.1, 0.15) is 26.0 Å². The third kappa shape index (κ3) is 3.17. The quantitative estimate of drug-likeness (QED) is 0.812. The van der Waals surface area contributed by atoms with E-state index in [-0.39, 0.29) is 5.91 Å². The van der Waals surface area contributed by atoms with E-state index in [0.29, 0.717) is 29.5 Å². The lowest BCUT2D eigenvalue weighted by molar-refractivity contribution is -0.124. The molecule has 0 saturated heterocycles. The number of carbonyl (C=O) groups is 1. The van der Waals surface area contributed by atoms with Gasteiger partial charge in [0, 0.05) is 6.54 Å². The Labute approximate surface area is 107 Å². The Hall–Kier alpha value is -1.13. The van der Waals surface area contributed by atoms with Crippen LogP contribution in [0.3, 0.4) is 0 Å². The predicted octanol–water partition coefficient (Wildman–Crippen LogP) is 2.36. The first-order chi connectivity index (χ1) is 7.92. The number of nitrogens with two attached hydrogens (primary N) is 1. The number of nitrogens with zero attached hydrogens (tertiary/aromatic N) is 1. The van der Waals surface area contributed by atoms with Gasteiger partial charge >= 0.3 is 0 Å². The second-order valence-corrected chi connectivity index (χ2v) is 4.73. The van der Waals surface area contributed by atoms with Crippen LogP contribution in [0.25, 0.3) is 0 Å². The minimum atomic E-state index is -0.550. The summed E-state index contributed by atoms with van der Waals surface area (Å²) in [4.78, 5) is 16.2. The summed E-state index contributed by atoms with van der Waals surface area (Å²) in [6.07, 6.45) is 0.690. The summed E-state index contributed by atoms with van der Waals surface area (Å²) in [5.74, 6) is -0.0882. The van der Waals surface area contributed by atoms with Crippen molar-refractivity contribution in [2.75, 3.05) is 11.9 Å². The number of anilines is 1. The average Bonchev–Trinajstić information content (AvgIpc) is 2.31. The molecule has 1 amide bonds. The highest BCUT2D eigenvalue weighted by Gasteiger charge is 2.29. The number of carbonyl (C=O) groups excluding carboxylic acids is 1. The lowest BCUT2D eigenvalue weighted by Gasteiger charge is -2.25. The van der Waals surface area contributed by atoms with Crippen LogP contribution in [0.15, 0.2) is 12.1 Å². The second kappa shape index (κ2) is 5.47. The van der Waals surface area contributed by atoms with Gasteiger partial charge in [0.2, 0.25) is 5.91 Å². The predicted molar refractivity (Wildman–Crippen MR) is 70.1 cm³/mol. The van der Waals surface area contributed by atoms with Gasteiger partial charge in [-0.05, 0) is 32.4 Å². The molecule has 94 valence electrons.